The van der Waals surface area contributed by atoms with Gasteiger partial charge in [-0.15, -0.1) is 0 Å². The molecule has 2 atom stereocenters. The van der Waals surface area contributed by atoms with Crippen molar-refractivity contribution in [3.63, 3.8) is 0 Å². The molecule has 1 aliphatic rings. The molecule has 0 aromatic carbocycles. The first-order valence-corrected chi connectivity index (χ1v) is 5.07. The molecule has 1 unspecified atom stereocenters. The van der Waals surface area contributed by atoms with Gasteiger partial charge in [0, 0.05) is 12.6 Å². The average Bonchev–Trinajstić information content (AvgIpc) is 2.51. The van der Waals surface area contributed by atoms with Crippen LogP contribution in [-0.4, -0.2) is 18.8 Å². The molecule has 0 bridgehead atoms. The van der Waals surface area contributed by atoms with Gasteiger partial charge in [-0.05, 0) is 32.6 Å². The van der Waals surface area contributed by atoms with E-state index in [9.17, 15) is 0 Å². The van der Waals surface area contributed by atoms with Gasteiger partial charge in [0.2, 0.25) is 0 Å². The molecule has 72 valence electrons. The van der Waals surface area contributed by atoms with Crippen molar-refractivity contribution >= 4 is 0 Å². The highest BCUT2D eigenvalue weighted by Gasteiger charge is 2.17. The van der Waals surface area contributed by atoms with Crippen molar-refractivity contribution in [2.45, 2.75) is 51.7 Å². The number of hydrogen-bond acceptors (Lipinski definition) is 2. The Morgan fingerprint density at radius 2 is 1.92 bits per heavy atom. The number of ether oxygens (including phenoxy) is 1. The van der Waals surface area contributed by atoms with Crippen molar-refractivity contribution in [1.29, 1.82) is 0 Å². The molecule has 12 heavy (non-hydrogen) atoms. The monoisotopic (exact) mass is 171 g/mol. The Bertz CT molecular complexity index is 117. The second-order valence-corrected chi connectivity index (χ2v) is 4.05. The molecule has 1 rings (SSSR count). The van der Waals surface area contributed by atoms with Crippen molar-refractivity contribution in [3.05, 3.63) is 0 Å². The molecule has 0 aromatic heterocycles. The molecule has 2 nitrogen and oxygen atoms in total. The third-order valence-electron chi connectivity index (χ3n) is 2.81. The smallest absolute Gasteiger partial charge is 0.0695 e. The molecule has 0 heterocycles. The Labute approximate surface area is 75.5 Å². The Balaban J connectivity index is 2.07. The molecule has 2 heteroatoms. The van der Waals surface area contributed by atoms with E-state index in [0.717, 1.165) is 12.5 Å². The van der Waals surface area contributed by atoms with Crippen LogP contribution in [0.25, 0.3) is 0 Å². The molecule has 0 amide bonds. The van der Waals surface area contributed by atoms with Gasteiger partial charge in [-0.3, -0.25) is 0 Å². The fourth-order valence-electron chi connectivity index (χ4n) is 1.62. The summed E-state index contributed by atoms with van der Waals surface area (Å²) >= 11 is 0. The van der Waals surface area contributed by atoms with Crippen LogP contribution in [0.4, 0.5) is 0 Å². The first kappa shape index (κ1) is 10.0. The molecule has 1 aliphatic carbocycles. The molecule has 0 aromatic rings. The lowest BCUT2D eigenvalue weighted by molar-refractivity contribution is 0.0297. The standard InChI is InChI=1S/C10H21NO/c1-8(11)9(2)12-7-10-5-3-4-6-10/h8-10H,3-7,11H2,1-2H3/t8-,9?/m1/s1. The third kappa shape index (κ3) is 3.11. The van der Waals surface area contributed by atoms with Crippen LogP contribution in [-0.2, 0) is 4.74 Å². The summed E-state index contributed by atoms with van der Waals surface area (Å²) < 4.78 is 5.66. The van der Waals surface area contributed by atoms with E-state index in [2.05, 4.69) is 6.92 Å². The van der Waals surface area contributed by atoms with Gasteiger partial charge in [0.05, 0.1) is 6.10 Å². The van der Waals surface area contributed by atoms with E-state index in [1.165, 1.54) is 25.7 Å². The summed E-state index contributed by atoms with van der Waals surface area (Å²) in [6.07, 6.45) is 5.70. The fraction of sp³-hybridized carbons (Fsp3) is 1.00. The van der Waals surface area contributed by atoms with Gasteiger partial charge < -0.3 is 10.5 Å². The van der Waals surface area contributed by atoms with E-state index >= 15 is 0 Å². The lowest BCUT2D eigenvalue weighted by Crippen LogP contribution is -2.32. The highest BCUT2D eigenvalue weighted by molar-refractivity contribution is 4.68. The van der Waals surface area contributed by atoms with Crippen molar-refractivity contribution in [3.8, 4) is 0 Å². The van der Waals surface area contributed by atoms with E-state index < -0.39 is 0 Å². The van der Waals surface area contributed by atoms with Gasteiger partial charge >= 0.3 is 0 Å². The summed E-state index contributed by atoms with van der Waals surface area (Å²) in [4.78, 5) is 0. The zero-order chi connectivity index (χ0) is 8.97. The van der Waals surface area contributed by atoms with Gasteiger partial charge in [-0.25, -0.2) is 0 Å². The van der Waals surface area contributed by atoms with Crippen LogP contribution < -0.4 is 5.73 Å². The van der Waals surface area contributed by atoms with Gasteiger partial charge in [0.1, 0.15) is 0 Å². The molecule has 0 spiro atoms. The molecule has 2 N–H and O–H groups in total. The summed E-state index contributed by atoms with van der Waals surface area (Å²) in [5.74, 6) is 0.811. The topological polar surface area (TPSA) is 35.2 Å². The van der Waals surface area contributed by atoms with Gasteiger partial charge in [0.15, 0.2) is 0 Å². The Kier molecular flexibility index (Phi) is 4.02. The SMILES string of the molecule is CC(OCC1CCCC1)[C@@H](C)N. The minimum Gasteiger partial charge on any atom is -0.377 e. The molecular weight excluding hydrogens is 150 g/mol. The van der Waals surface area contributed by atoms with Crippen LogP contribution in [0.2, 0.25) is 0 Å². The van der Waals surface area contributed by atoms with Crippen LogP contribution in [0.15, 0.2) is 0 Å². The van der Waals surface area contributed by atoms with Crippen LogP contribution in [0.5, 0.6) is 0 Å². The maximum Gasteiger partial charge on any atom is 0.0695 e. The van der Waals surface area contributed by atoms with Crippen LogP contribution in [0.3, 0.4) is 0 Å². The number of hydrogen-bond donors (Lipinski definition) is 1. The third-order valence-corrected chi connectivity index (χ3v) is 2.81. The molecule has 1 saturated carbocycles. The summed E-state index contributed by atoms with van der Waals surface area (Å²) in [6.45, 7) is 4.97. The number of nitrogens with two attached hydrogens (primary N) is 1. The minimum absolute atomic E-state index is 0.159. The first-order valence-electron chi connectivity index (χ1n) is 5.07. The average molecular weight is 171 g/mol. The highest BCUT2D eigenvalue weighted by atomic mass is 16.5. The van der Waals surface area contributed by atoms with Crippen molar-refractivity contribution < 1.29 is 4.74 Å². The summed E-state index contributed by atoms with van der Waals surface area (Å²) in [5.41, 5.74) is 5.70. The summed E-state index contributed by atoms with van der Waals surface area (Å²) in [6, 6.07) is 0.159. The van der Waals surface area contributed by atoms with E-state index in [4.69, 9.17) is 10.5 Å². The van der Waals surface area contributed by atoms with Crippen LogP contribution in [0, 0.1) is 5.92 Å². The Hall–Kier alpha value is -0.0800. The van der Waals surface area contributed by atoms with Gasteiger partial charge in [-0.1, -0.05) is 12.8 Å². The summed E-state index contributed by atoms with van der Waals surface area (Å²) in [7, 11) is 0. The van der Waals surface area contributed by atoms with Crippen molar-refractivity contribution in [2.75, 3.05) is 6.61 Å². The molecule has 1 fully saturated rings. The predicted octanol–water partition coefficient (Wildman–Crippen LogP) is 1.93. The van der Waals surface area contributed by atoms with Crippen LogP contribution in [0.1, 0.15) is 39.5 Å². The normalized spacial score (nSPS) is 24.2. The zero-order valence-electron chi connectivity index (χ0n) is 8.25. The largest absolute Gasteiger partial charge is 0.377 e. The molecule has 0 radical (unpaired) electrons. The van der Waals surface area contributed by atoms with Crippen LogP contribution >= 0.6 is 0 Å². The van der Waals surface area contributed by atoms with Crippen molar-refractivity contribution in [2.24, 2.45) is 11.7 Å². The minimum atomic E-state index is 0.159. The summed E-state index contributed by atoms with van der Waals surface area (Å²) in [5, 5.41) is 0. The lowest BCUT2D eigenvalue weighted by Gasteiger charge is -2.18. The van der Waals surface area contributed by atoms with E-state index in [0.29, 0.717) is 0 Å². The predicted molar refractivity (Wildman–Crippen MR) is 51.0 cm³/mol. The van der Waals surface area contributed by atoms with E-state index in [1.54, 1.807) is 0 Å². The zero-order valence-corrected chi connectivity index (χ0v) is 8.25. The van der Waals surface area contributed by atoms with Crippen molar-refractivity contribution in [1.82, 2.24) is 0 Å². The Morgan fingerprint density at radius 1 is 1.33 bits per heavy atom. The van der Waals surface area contributed by atoms with E-state index in [-0.39, 0.29) is 12.1 Å². The molecule has 0 saturated heterocycles. The fourth-order valence-corrected chi connectivity index (χ4v) is 1.62. The first-order chi connectivity index (χ1) is 5.70. The quantitative estimate of drug-likeness (QED) is 0.701. The number of rotatable bonds is 4. The second kappa shape index (κ2) is 4.83. The van der Waals surface area contributed by atoms with E-state index in [1.807, 2.05) is 6.92 Å². The lowest BCUT2D eigenvalue weighted by atomic mass is 10.1. The van der Waals surface area contributed by atoms with Gasteiger partial charge in [0.25, 0.3) is 0 Å². The maximum atomic E-state index is 5.70. The van der Waals surface area contributed by atoms with Gasteiger partial charge in [-0.2, -0.15) is 0 Å². The Morgan fingerprint density at radius 3 is 2.42 bits per heavy atom. The molecular formula is C10H21NO. The molecule has 0 aliphatic heterocycles. The maximum absolute atomic E-state index is 5.70. The second-order valence-electron chi connectivity index (χ2n) is 4.05. The highest BCUT2D eigenvalue weighted by Crippen LogP contribution is 2.25.